The zero-order valence-electron chi connectivity index (χ0n) is 11.2. The molecular formula is C15H13BrFNO2S. The van der Waals surface area contributed by atoms with Crippen molar-refractivity contribution in [2.45, 2.75) is 6.54 Å². The molecule has 21 heavy (non-hydrogen) atoms. The van der Waals surface area contributed by atoms with Crippen molar-refractivity contribution in [1.82, 2.24) is 0 Å². The molecule has 0 atom stereocenters. The van der Waals surface area contributed by atoms with E-state index in [4.69, 9.17) is 5.11 Å². The highest BCUT2D eigenvalue weighted by molar-refractivity contribution is 9.10. The molecule has 0 aliphatic heterocycles. The molecule has 0 bridgehead atoms. The molecule has 3 nitrogen and oxygen atoms in total. The standard InChI is InChI=1S/C15H13BrFNO2S/c1-18(8-14-6-11(16)9-21-14)13-5-10(2-3-15(19)20)4-12(17)7-13/h2-7,9H,8H2,1H3,(H,19,20)/b3-2+. The van der Waals surface area contributed by atoms with Crippen LogP contribution in [0, 0.1) is 5.82 Å². The van der Waals surface area contributed by atoms with Gasteiger partial charge in [-0.25, -0.2) is 9.18 Å². The first-order valence-corrected chi connectivity index (χ1v) is 7.77. The first-order chi connectivity index (χ1) is 9.94. The lowest BCUT2D eigenvalue weighted by Crippen LogP contribution is -2.15. The Morgan fingerprint density at radius 3 is 2.81 bits per heavy atom. The minimum Gasteiger partial charge on any atom is -0.478 e. The molecule has 1 heterocycles. The topological polar surface area (TPSA) is 40.5 Å². The molecule has 0 aliphatic carbocycles. The molecule has 0 unspecified atom stereocenters. The second kappa shape index (κ2) is 6.87. The number of halogens is 2. The van der Waals surface area contributed by atoms with Crippen molar-refractivity contribution in [3.05, 3.63) is 56.5 Å². The normalized spacial score (nSPS) is 11.0. The number of carboxylic acid groups (broad SMARTS) is 1. The van der Waals surface area contributed by atoms with Crippen LogP contribution in [0.15, 0.2) is 40.2 Å². The molecule has 0 fully saturated rings. The van der Waals surface area contributed by atoms with Gasteiger partial charge < -0.3 is 10.0 Å². The maximum atomic E-state index is 13.6. The largest absolute Gasteiger partial charge is 0.478 e. The molecular weight excluding hydrogens is 357 g/mol. The van der Waals surface area contributed by atoms with E-state index < -0.39 is 11.8 Å². The van der Waals surface area contributed by atoms with Crippen LogP contribution < -0.4 is 4.90 Å². The van der Waals surface area contributed by atoms with E-state index >= 15 is 0 Å². The summed E-state index contributed by atoms with van der Waals surface area (Å²) in [6.07, 6.45) is 2.37. The third kappa shape index (κ3) is 4.68. The number of nitrogens with zero attached hydrogens (tertiary/aromatic N) is 1. The van der Waals surface area contributed by atoms with Crippen molar-refractivity contribution < 1.29 is 14.3 Å². The number of rotatable bonds is 5. The maximum absolute atomic E-state index is 13.6. The molecule has 0 spiro atoms. The Bertz CT molecular complexity index is 684. The Hall–Kier alpha value is -1.66. The van der Waals surface area contributed by atoms with Gasteiger partial charge in [0.15, 0.2) is 0 Å². The van der Waals surface area contributed by atoms with Crippen LogP contribution in [0.3, 0.4) is 0 Å². The number of aliphatic carboxylic acids is 1. The molecule has 1 aromatic heterocycles. The summed E-state index contributed by atoms with van der Waals surface area (Å²) in [7, 11) is 1.87. The van der Waals surface area contributed by atoms with Gasteiger partial charge in [0.05, 0.1) is 6.54 Å². The van der Waals surface area contributed by atoms with Gasteiger partial charge in [0, 0.05) is 33.5 Å². The summed E-state index contributed by atoms with van der Waals surface area (Å²) in [6, 6.07) is 6.51. The van der Waals surface area contributed by atoms with Gasteiger partial charge in [-0.1, -0.05) is 0 Å². The number of hydrogen-bond donors (Lipinski definition) is 1. The second-order valence-electron chi connectivity index (χ2n) is 4.50. The number of carboxylic acids is 1. The summed E-state index contributed by atoms with van der Waals surface area (Å²) < 4.78 is 14.7. The Labute approximate surface area is 134 Å². The highest BCUT2D eigenvalue weighted by Gasteiger charge is 2.07. The van der Waals surface area contributed by atoms with Crippen molar-refractivity contribution in [3.8, 4) is 0 Å². The van der Waals surface area contributed by atoms with E-state index in [1.165, 1.54) is 18.2 Å². The molecule has 0 amide bonds. The van der Waals surface area contributed by atoms with Crippen LogP contribution in [0.2, 0.25) is 0 Å². The lowest BCUT2D eigenvalue weighted by molar-refractivity contribution is -0.131. The zero-order chi connectivity index (χ0) is 15.4. The van der Waals surface area contributed by atoms with Gasteiger partial charge in [-0.05, 0) is 51.8 Å². The van der Waals surface area contributed by atoms with Gasteiger partial charge in [0.25, 0.3) is 0 Å². The summed E-state index contributed by atoms with van der Waals surface area (Å²) in [4.78, 5) is 13.6. The monoisotopic (exact) mass is 369 g/mol. The second-order valence-corrected chi connectivity index (χ2v) is 6.41. The number of benzene rings is 1. The first kappa shape index (κ1) is 15.7. The number of anilines is 1. The van der Waals surface area contributed by atoms with Gasteiger partial charge in [-0.15, -0.1) is 11.3 Å². The number of hydrogen-bond acceptors (Lipinski definition) is 3. The van der Waals surface area contributed by atoms with Gasteiger partial charge in [-0.2, -0.15) is 0 Å². The maximum Gasteiger partial charge on any atom is 0.328 e. The van der Waals surface area contributed by atoms with E-state index in [2.05, 4.69) is 15.9 Å². The predicted molar refractivity (Wildman–Crippen MR) is 87.2 cm³/mol. The summed E-state index contributed by atoms with van der Waals surface area (Å²) in [5.41, 5.74) is 1.22. The van der Waals surface area contributed by atoms with Gasteiger partial charge >= 0.3 is 5.97 Å². The number of thiophene rings is 1. The highest BCUT2D eigenvalue weighted by atomic mass is 79.9. The van der Waals surface area contributed by atoms with E-state index in [0.717, 1.165) is 15.4 Å². The van der Waals surface area contributed by atoms with Crippen molar-refractivity contribution in [1.29, 1.82) is 0 Å². The van der Waals surface area contributed by atoms with Gasteiger partial charge in [-0.3, -0.25) is 0 Å². The van der Waals surface area contributed by atoms with Crippen molar-refractivity contribution in [3.63, 3.8) is 0 Å². The summed E-state index contributed by atoms with van der Waals surface area (Å²) in [5, 5.41) is 10.6. The molecule has 0 saturated carbocycles. The van der Waals surface area contributed by atoms with Crippen LogP contribution in [-0.4, -0.2) is 18.1 Å². The van der Waals surface area contributed by atoms with Crippen molar-refractivity contribution in [2.75, 3.05) is 11.9 Å². The van der Waals surface area contributed by atoms with Gasteiger partial charge in [0.2, 0.25) is 0 Å². The van der Waals surface area contributed by atoms with E-state index in [9.17, 15) is 9.18 Å². The molecule has 2 rings (SSSR count). The quantitative estimate of drug-likeness (QED) is 0.794. The lowest BCUT2D eigenvalue weighted by atomic mass is 10.1. The molecule has 2 aromatic rings. The third-order valence-electron chi connectivity index (χ3n) is 2.78. The van der Waals surface area contributed by atoms with Crippen molar-refractivity contribution >= 4 is 45.0 Å². The van der Waals surface area contributed by atoms with Crippen molar-refractivity contribution in [2.24, 2.45) is 0 Å². The first-order valence-electron chi connectivity index (χ1n) is 6.09. The Morgan fingerprint density at radius 2 is 2.19 bits per heavy atom. The number of carbonyl (C=O) groups is 1. The lowest BCUT2D eigenvalue weighted by Gasteiger charge is -2.19. The molecule has 110 valence electrons. The van der Waals surface area contributed by atoms with Crippen LogP contribution in [0.25, 0.3) is 6.08 Å². The zero-order valence-corrected chi connectivity index (χ0v) is 13.6. The van der Waals surface area contributed by atoms with E-state index in [1.807, 2.05) is 23.4 Å². The van der Waals surface area contributed by atoms with Crippen LogP contribution in [-0.2, 0) is 11.3 Å². The summed E-state index contributed by atoms with van der Waals surface area (Å²) in [5.74, 6) is -1.45. The highest BCUT2D eigenvalue weighted by Crippen LogP contribution is 2.24. The van der Waals surface area contributed by atoms with Crippen LogP contribution in [0.1, 0.15) is 10.4 Å². The fourth-order valence-electron chi connectivity index (χ4n) is 1.84. The SMILES string of the molecule is CN(Cc1cc(Br)cs1)c1cc(F)cc(/C=C/C(=O)O)c1. The average Bonchev–Trinajstić information content (AvgIpc) is 2.81. The van der Waals surface area contributed by atoms with Crippen LogP contribution >= 0.6 is 27.3 Å². The predicted octanol–water partition coefficient (Wildman–Crippen LogP) is 4.38. The molecule has 1 N–H and O–H groups in total. The Kier molecular flexibility index (Phi) is 5.14. The van der Waals surface area contributed by atoms with E-state index in [0.29, 0.717) is 17.8 Å². The minimum absolute atomic E-state index is 0.392. The van der Waals surface area contributed by atoms with E-state index in [-0.39, 0.29) is 0 Å². The summed E-state index contributed by atoms with van der Waals surface area (Å²) in [6.45, 7) is 0.655. The van der Waals surface area contributed by atoms with Crippen LogP contribution in [0.4, 0.5) is 10.1 Å². The third-order valence-corrected chi connectivity index (χ3v) is 4.46. The molecule has 6 heteroatoms. The smallest absolute Gasteiger partial charge is 0.328 e. The molecule has 0 saturated heterocycles. The molecule has 1 aromatic carbocycles. The Balaban J connectivity index is 2.20. The fourth-order valence-corrected chi connectivity index (χ4v) is 3.35. The fraction of sp³-hybridized carbons (Fsp3) is 0.133. The van der Waals surface area contributed by atoms with E-state index in [1.54, 1.807) is 17.4 Å². The summed E-state index contributed by atoms with van der Waals surface area (Å²) >= 11 is 5.02. The van der Waals surface area contributed by atoms with Crippen LogP contribution in [0.5, 0.6) is 0 Å². The average molecular weight is 370 g/mol. The Morgan fingerprint density at radius 1 is 1.43 bits per heavy atom. The molecule has 0 radical (unpaired) electrons. The minimum atomic E-state index is -1.06. The molecule has 0 aliphatic rings. The van der Waals surface area contributed by atoms with Gasteiger partial charge in [0.1, 0.15) is 5.82 Å².